The van der Waals surface area contributed by atoms with Gasteiger partial charge in [-0.05, 0) is 25.8 Å². The van der Waals surface area contributed by atoms with Gasteiger partial charge in [0.15, 0.2) is 0 Å². The van der Waals surface area contributed by atoms with Crippen molar-refractivity contribution in [2.24, 2.45) is 0 Å². The number of rotatable bonds is 8. The van der Waals surface area contributed by atoms with Gasteiger partial charge in [0, 0.05) is 0 Å². The first-order valence-electron chi connectivity index (χ1n) is 6.57. The molecule has 0 aromatic heterocycles. The van der Waals surface area contributed by atoms with Crippen LogP contribution in [0.2, 0.25) is 0 Å². The summed E-state index contributed by atoms with van der Waals surface area (Å²) < 4.78 is 10.9. The van der Waals surface area contributed by atoms with E-state index in [0.717, 1.165) is 5.56 Å². The Balaban J connectivity index is 2.44. The molecule has 0 bridgehead atoms. The highest BCUT2D eigenvalue weighted by atomic mass is 16.5. The smallest absolute Gasteiger partial charge is 0.308 e. The molecular formula is C16H22O3. The van der Waals surface area contributed by atoms with Crippen LogP contribution in [0.1, 0.15) is 32.3 Å². The van der Waals surface area contributed by atoms with Crippen molar-refractivity contribution in [1.29, 1.82) is 0 Å². The number of carbonyl (C=O) groups is 1. The Kier molecular flexibility index (Phi) is 6.90. The van der Waals surface area contributed by atoms with E-state index in [9.17, 15) is 4.79 Å². The van der Waals surface area contributed by atoms with Crippen LogP contribution in [0.5, 0.6) is 0 Å². The molecular weight excluding hydrogens is 240 g/mol. The van der Waals surface area contributed by atoms with Gasteiger partial charge in [0.1, 0.15) is 0 Å². The van der Waals surface area contributed by atoms with Gasteiger partial charge in [-0.2, -0.15) is 0 Å². The molecule has 0 heterocycles. The zero-order valence-corrected chi connectivity index (χ0v) is 11.7. The molecule has 0 saturated carbocycles. The fourth-order valence-electron chi connectivity index (χ4n) is 1.68. The molecule has 1 aromatic carbocycles. The predicted molar refractivity (Wildman–Crippen MR) is 75.7 cm³/mol. The minimum atomic E-state index is -0.227. The molecule has 1 rings (SSSR count). The zero-order chi connectivity index (χ0) is 14.1. The maximum atomic E-state index is 11.6. The van der Waals surface area contributed by atoms with Crippen molar-refractivity contribution in [3.63, 3.8) is 0 Å². The molecule has 1 unspecified atom stereocenters. The first-order valence-corrected chi connectivity index (χ1v) is 6.57. The van der Waals surface area contributed by atoms with E-state index in [1.807, 2.05) is 44.2 Å². The minimum absolute atomic E-state index is 0.0917. The Hall–Kier alpha value is -1.61. The fraction of sp³-hybridized carbons (Fsp3) is 0.438. The number of hydrogen-bond acceptors (Lipinski definition) is 3. The third kappa shape index (κ3) is 6.77. The molecule has 3 nitrogen and oxygen atoms in total. The molecule has 19 heavy (non-hydrogen) atoms. The summed E-state index contributed by atoms with van der Waals surface area (Å²) >= 11 is 0. The number of esters is 1. The average molecular weight is 262 g/mol. The van der Waals surface area contributed by atoms with E-state index in [4.69, 9.17) is 9.47 Å². The predicted octanol–water partition coefficient (Wildman–Crippen LogP) is 3.49. The highest BCUT2D eigenvalue weighted by Crippen LogP contribution is 2.11. The van der Waals surface area contributed by atoms with Gasteiger partial charge in [-0.3, -0.25) is 4.79 Å². The van der Waals surface area contributed by atoms with Gasteiger partial charge in [0.2, 0.25) is 0 Å². The summed E-state index contributed by atoms with van der Waals surface area (Å²) in [6.07, 6.45) is 2.39. The molecule has 0 aliphatic carbocycles. The first kappa shape index (κ1) is 15.4. The Labute approximate surface area is 115 Å². The van der Waals surface area contributed by atoms with Crippen molar-refractivity contribution in [3.8, 4) is 0 Å². The summed E-state index contributed by atoms with van der Waals surface area (Å²) in [4.78, 5) is 11.6. The Morgan fingerprint density at radius 3 is 2.58 bits per heavy atom. The lowest BCUT2D eigenvalue weighted by Gasteiger charge is -2.16. The molecule has 1 aromatic rings. The van der Waals surface area contributed by atoms with Crippen LogP contribution < -0.4 is 0 Å². The summed E-state index contributed by atoms with van der Waals surface area (Å²) in [5.74, 6) is -0.227. The average Bonchev–Trinajstić information content (AvgIpc) is 2.36. The number of hydrogen-bond donors (Lipinski definition) is 0. The molecule has 3 heteroatoms. The lowest BCUT2D eigenvalue weighted by molar-refractivity contribution is -0.150. The molecule has 0 aliphatic rings. The highest BCUT2D eigenvalue weighted by molar-refractivity contribution is 5.70. The van der Waals surface area contributed by atoms with Crippen molar-refractivity contribution in [1.82, 2.24) is 0 Å². The molecule has 0 fully saturated rings. The standard InChI is InChI=1S/C16H22O3/c1-4-8-15(11-16(17)19-13(2)3)18-12-14-9-6-5-7-10-14/h4-7,9-10,13,15H,1,8,11-12H2,2-3H3. The monoisotopic (exact) mass is 262 g/mol. The quantitative estimate of drug-likeness (QED) is 0.531. The normalized spacial score (nSPS) is 12.2. The van der Waals surface area contributed by atoms with E-state index in [0.29, 0.717) is 13.0 Å². The maximum Gasteiger partial charge on any atom is 0.308 e. The molecule has 0 amide bonds. The minimum Gasteiger partial charge on any atom is -0.463 e. The Morgan fingerprint density at radius 1 is 1.32 bits per heavy atom. The second-order valence-electron chi connectivity index (χ2n) is 4.69. The van der Waals surface area contributed by atoms with Gasteiger partial charge in [-0.25, -0.2) is 0 Å². The largest absolute Gasteiger partial charge is 0.463 e. The van der Waals surface area contributed by atoms with Gasteiger partial charge >= 0.3 is 5.97 Å². The molecule has 0 N–H and O–H groups in total. The third-order valence-corrected chi connectivity index (χ3v) is 2.52. The maximum absolute atomic E-state index is 11.6. The van der Waals surface area contributed by atoms with Crippen molar-refractivity contribution in [3.05, 3.63) is 48.6 Å². The number of benzene rings is 1. The van der Waals surface area contributed by atoms with Crippen molar-refractivity contribution >= 4 is 5.97 Å². The van der Waals surface area contributed by atoms with Crippen LogP contribution in [0.25, 0.3) is 0 Å². The summed E-state index contributed by atoms with van der Waals surface area (Å²) in [6, 6.07) is 9.89. The van der Waals surface area contributed by atoms with Crippen LogP contribution in [0.3, 0.4) is 0 Å². The van der Waals surface area contributed by atoms with Crippen LogP contribution in [0.15, 0.2) is 43.0 Å². The van der Waals surface area contributed by atoms with E-state index in [1.54, 1.807) is 6.08 Å². The van der Waals surface area contributed by atoms with E-state index < -0.39 is 0 Å². The van der Waals surface area contributed by atoms with Crippen molar-refractivity contribution < 1.29 is 14.3 Å². The van der Waals surface area contributed by atoms with Crippen LogP contribution in [0, 0.1) is 0 Å². The van der Waals surface area contributed by atoms with Gasteiger partial charge in [0.05, 0.1) is 25.2 Å². The second-order valence-corrected chi connectivity index (χ2v) is 4.69. The number of ether oxygens (including phenoxy) is 2. The summed E-state index contributed by atoms with van der Waals surface area (Å²) in [6.45, 7) is 7.86. The Morgan fingerprint density at radius 2 is 2.00 bits per heavy atom. The lowest BCUT2D eigenvalue weighted by atomic mass is 10.1. The molecule has 0 radical (unpaired) electrons. The molecule has 0 saturated heterocycles. The van der Waals surface area contributed by atoms with Crippen LogP contribution in [-0.4, -0.2) is 18.2 Å². The van der Waals surface area contributed by atoms with Gasteiger partial charge < -0.3 is 9.47 Å². The molecule has 0 spiro atoms. The fourth-order valence-corrected chi connectivity index (χ4v) is 1.68. The molecule has 0 aliphatic heterocycles. The van der Waals surface area contributed by atoms with Crippen LogP contribution in [0.4, 0.5) is 0 Å². The Bertz CT molecular complexity index is 384. The summed E-state index contributed by atoms with van der Waals surface area (Å²) in [7, 11) is 0. The van der Waals surface area contributed by atoms with Gasteiger partial charge in [-0.15, -0.1) is 6.58 Å². The van der Waals surface area contributed by atoms with Crippen molar-refractivity contribution in [2.75, 3.05) is 0 Å². The van der Waals surface area contributed by atoms with Crippen LogP contribution >= 0.6 is 0 Å². The molecule has 104 valence electrons. The zero-order valence-electron chi connectivity index (χ0n) is 11.7. The van der Waals surface area contributed by atoms with E-state index in [1.165, 1.54) is 0 Å². The lowest BCUT2D eigenvalue weighted by Crippen LogP contribution is -2.21. The topological polar surface area (TPSA) is 35.5 Å². The van der Waals surface area contributed by atoms with Crippen LogP contribution in [-0.2, 0) is 20.9 Å². The third-order valence-electron chi connectivity index (χ3n) is 2.52. The molecule has 1 atom stereocenters. The van der Waals surface area contributed by atoms with Crippen molar-refractivity contribution in [2.45, 2.75) is 45.5 Å². The van der Waals surface area contributed by atoms with Gasteiger partial charge in [-0.1, -0.05) is 36.4 Å². The van der Waals surface area contributed by atoms with E-state index >= 15 is 0 Å². The second kappa shape index (κ2) is 8.48. The SMILES string of the molecule is C=CCC(CC(=O)OC(C)C)OCc1ccccc1. The summed E-state index contributed by atoms with van der Waals surface area (Å²) in [5, 5.41) is 0. The van der Waals surface area contributed by atoms with E-state index in [-0.39, 0.29) is 24.6 Å². The first-order chi connectivity index (χ1) is 9.11. The van der Waals surface area contributed by atoms with E-state index in [2.05, 4.69) is 6.58 Å². The highest BCUT2D eigenvalue weighted by Gasteiger charge is 2.15. The number of carbonyl (C=O) groups excluding carboxylic acids is 1. The summed E-state index contributed by atoms with van der Waals surface area (Å²) in [5.41, 5.74) is 1.09. The van der Waals surface area contributed by atoms with Gasteiger partial charge in [0.25, 0.3) is 0 Å².